The number of hydrogen-bond acceptors (Lipinski definition) is 7. The molecule has 4 N–H and O–H groups in total. The number of benzene rings is 1. The third-order valence-corrected chi connectivity index (χ3v) is 8.13. The second-order valence-corrected chi connectivity index (χ2v) is 11.2. The molecule has 6 rings (SSSR count). The minimum absolute atomic E-state index is 0. The number of aryl methyl sites for hydroxylation is 1. The summed E-state index contributed by atoms with van der Waals surface area (Å²) < 4.78 is 7.42. The monoisotopic (exact) mass is 520 g/mol. The second kappa shape index (κ2) is 10.9. The van der Waals surface area contributed by atoms with Crippen LogP contribution in [0.2, 0.25) is 0 Å². The van der Waals surface area contributed by atoms with Crippen LogP contribution in [0.25, 0.3) is 16.8 Å². The van der Waals surface area contributed by atoms with Crippen LogP contribution in [0.15, 0.2) is 30.5 Å². The third-order valence-electron chi connectivity index (χ3n) is 8.13. The van der Waals surface area contributed by atoms with E-state index in [1.54, 1.807) is 0 Å². The quantitative estimate of drug-likeness (QED) is 0.348. The summed E-state index contributed by atoms with van der Waals surface area (Å²) in [6.45, 7) is 4.34. The van der Waals surface area contributed by atoms with Crippen molar-refractivity contribution in [1.29, 1.82) is 0 Å². The highest BCUT2D eigenvalue weighted by Crippen LogP contribution is 2.31. The molecule has 0 atom stereocenters. The van der Waals surface area contributed by atoms with E-state index in [0.29, 0.717) is 23.6 Å². The fourth-order valence-electron chi connectivity index (χ4n) is 5.59. The molecule has 1 saturated heterocycles. The van der Waals surface area contributed by atoms with Crippen molar-refractivity contribution >= 4 is 23.2 Å². The van der Waals surface area contributed by atoms with Gasteiger partial charge in [0.2, 0.25) is 0 Å². The van der Waals surface area contributed by atoms with Gasteiger partial charge in [0.1, 0.15) is 11.6 Å². The third kappa shape index (κ3) is 5.63. The van der Waals surface area contributed by atoms with Gasteiger partial charge in [-0.05, 0) is 81.4 Å². The van der Waals surface area contributed by atoms with E-state index >= 15 is 0 Å². The Labute approximate surface area is 224 Å². The van der Waals surface area contributed by atoms with Gasteiger partial charge in [-0.3, -0.25) is 4.79 Å². The maximum absolute atomic E-state index is 12.6. The molecule has 2 aliphatic carbocycles. The molecule has 0 radical (unpaired) electrons. The number of aromatic nitrogens is 3. The van der Waals surface area contributed by atoms with Gasteiger partial charge in [-0.1, -0.05) is 12.1 Å². The molecule has 0 unspecified atom stereocenters. The molecule has 3 aromatic rings. The zero-order valence-corrected chi connectivity index (χ0v) is 22.1. The Balaban J connectivity index is 0.00000308. The molecule has 3 heterocycles. The lowest BCUT2D eigenvalue weighted by molar-refractivity contribution is 0.0903. The maximum Gasteiger partial charge on any atom is 0.251 e. The molecular weight excluding hydrogens is 480 g/mol. The van der Waals surface area contributed by atoms with Crippen LogP contribution in [-0.2, 0) is 4.74 Å². The largest absolute Gasteiger partial charge is 0.393 e. The van der Waals surface area contributed by atoms with Gasteiger partial charge in [0, 0.05) is 50.5 Å². The zero-order chi connectivity index (χ0) is 26.1. The van der Waals surface area contributed by atoms with E-state index in [4.69, 9.17) is 14.8 Å². The molecule has 0 bridgehead atoms. The van der Waals surface area contributed by atoms with Crippen LogP contribution < -0.4 is 16.0 Å². The summed E-state index contributed by atoms with van der Waals surface area (Å²) in [7, 11) is 0. The van der Waals surface area contributed by atoms with Gasteiger partial charge in [0.25, 0.3) is 5.91 Å². The SMILES string of the molecule is Cc1cc(-c2cnn3c(NCC4CCC(O)CC4)cc(NC4CCOCC4)nc23)ccc1C(=O)NC1CC1.[HH]. The second-order valence-electron chi connectivity index (χ2n) is 11.2. The van der Waals surface area contributed by atoms with Gasteiger partial charge in [-0.15, -0.1) is 0 Å². The van der Waals surface area contributed by atoms with E-state index in [-0.39, 0.29) is 13.4 Å². The molecule has 9 nitrogen and oxygen atoms in total. The predicted octanol–water partition coefficient (Wildman–Crippen LogP) is 4.40. The summed E-state index contributed by atoms with van der Waals surface area (Å²) in [6, 6.07) is 8.66. The van der Waals surface area contributed by atoms with E-state index in [2.05, 4.69) is 22.0 Å². The number of ether oxygens (including phenoxy) is 1. The number of aliphatic hydroxyl groups is 1. The molecule has 9 heteroatoms. The fraction of sp³-hybridized carbons (Fsp3) is 0.552. The summed E-state index contributed by atoms with van der Waals surface area (Å²) in [5.74, 6) is 2.25. The highest BCUT2D eigenvalue weighted by Gasteiger charge is 2.25. The predicted molar refractivity (Wildman–Crippen MR) is 150 cm³/mol. The molecule has 2 saturated carbocycles. The molecule has 38 heavy (non-hydrogen) atoms. The van der Waals surface area contributed by atoms with Gasteiger partial charge < -0.3 is 25.8 Å². The minimum atomic E-state index is -0.155. The molecule has 204 valence electrons. The number of aliphatic hydroxyl groups excluding tert-OH is 1. The van der Waals surface area contributed by atoms with Crippen LogP contribution in [0.4, 0.5) is 11.6 Å². The summed E-state index contributed by atoms with van der Waals surface area (Å²) in [4.78, 5) is 17.6. The van der Waals surface area contributed by atoms with Crippen molar-refractivity contribution in [2.75, 3.05) is 30.4 Å². The Bertz CT molecular complexity index is 1300. The van der Waals surface area contributed by atoms with Crippen molar-refractivity contribution in [2.45, 2.75) is 76.5 Å². The van der Waals surface area contributed by atoms with Crippen LogP contribution >= 0.6 is 0 Å². The minimum Gasteiger partial charge on any atom is -0.393 e. The lowest BCUT2D eigenvalue weighted by atomic mass is 9.87. The number of fused-ring (bicyclic) bond motifs is 1. The van der Waals surface area contributed by atoms with Gasteiger partial charge in [0.05, 0.1) is 12.3 Å². The summed E-state index contributed by atoms with van der Waals surface area (Å²) in [6.07, 6.45) is 9.55. The maximum atomic E-state index is 12.6. The Morgan fingerprint density at radius 3 is 2.61 bits per heavy atom. The van der Waals surface area contributed by atoms with Crippen molar-refractivity contribution in [2.24, 2.45) is 5.92 Å². The van der Waals surface area contributed by atoms with E-state index in [1.807, 2.05) is 35.8 Å². The van der Waals surface area contributed by atoms with Crippen molar-refractivity contribution < 1.29 is 16.1 Å². The Morgan fingerprint density at radius 2 is 1.87 bits per heavy atom. The molecule has 1 aliphatic heterocycles. The Hall–Kier alpha value is -3.17. The Morgan fingerprint density at radius 1 is 1.08 bits per heavy atom. The first-order valence-corrected chi connectivity index (χ1v) is 14.1. The van der Waals surface area contributed by atoms with Crippen LogP contribution in [0.5, 0.6) is 0 Å². The van der Waals surface area contributed by atoms with Gasteiger partial charge >= 0.3 is 0 Å². The van der Waals surface area contributed by atoms with Crippen molar-refractivity contribution in [1.82, 2.24) is 19.9 Å². The smallest absolute Gasteiger partial charge is 0.251 e. The van der Waals surface area contributed by atoms with E-state index in [0.717, 1.165) is 105 Å². The van der Waals surface area contributed by atoms with E-state index < -0.39 is 0 Å². The number of anilines is 2. The lowest BCUT2D eigenvalue weighted by Crippen LogP contribution is -2.28. The van der Waals surface area contributed by atoms with Crippen LogP contribution in [-0.4, -0.2) is 63.6 Å². The van der Waals surface area contributed by atoms with E-state index in [9.17, 15) is 9.90 Å². The first kappa shape index (κ1) is 25.1. The summed E-state index contributed by atoms with van der Waals surface area (Å²) >= 11 is 0. The average Bonchev–Trinajstić information content (AvgIpc) is 3.63. The molecule has 0 spiro atoms. The van der Waals surface area contributed by atoms with Crippen LogP contribution in [0, 0.1) is 12.8 Å². The number of carbonyl (C=O) groups is 1. The van der Waals surface area contributed by atoms with E-state index in [1.165, 1.54) is 0 Å². The van der Waals surface area contributed by atoms with Crippen molar-refractivity contribution in [3.63, 3.8) is 0 Å². The molecular formula is C29H40N6O3. The molecule has 3 aliphatic rings. The average molecular weight is 521 g/mol. The normalized spacial score (nSPS) is 22.4. The van der Waals surface area contributed by atoms with Crippen LogP contribution in [0.1, 0.15) is 68.7 Å². The summed E-state index contributed by atoms with van der Waals surface area (Å²) in [5, 5.41) is 24.9. The van der Waals surface area contributed by atoms with Crippen molar-refractivity contribution in [3.05, 3.63) is 41.6 Å². The van der Waals surface area contributed by atoms with Crippen molar-refractivity contribution in [3.8, 4) is 11.1 Å². The Kier molecular flexibility index (Phi) is 7.21. The number of rotatable bonds is 8. The van der Waals surface area contributed by atoms with Gasteiger partial charge in [-0.25, -0.2) is 4.98 Å². The molecule has 3 fully saturated rings. The highest BCUT2D eigenvalue weighted by molar-refractivity contribution is 5.97. The lowest BCUT2D eigenvalue weighted by Gasteiger charge is -2.26. The highest BCUT2D eigenvalue weighted by atomic mass is 16.5. The number of amides is 1. The molecule has 1 amide bonds. The standard InChI is InChI=1S/C29H38N6O3.H2/c1-18-14-20(4-9-24(18)29(37)33-21-5-6-21)25-17-31-35-27(30-16-19-2-7-23(36)8-3-19)15-26(34-28(25)35)32-22-10-12-38-13-11-22;/h4,9,14-15,17,19,21-23,30,36H,2-3,5-8,10-13,16H2,1H3,(H,32,34)(H,33,37);1H. The zero-order valence-electron chi connectivity index (χ0n) is 22.1. The topological polar surface area (TPSA) is 113 Å². The number of nitrogens with one attached hydrogen (secondary N) is 3. The molecule has 1 aromatic carbocycles. The first-order chi connectivity index (χ1) is 18.5. The molecule has 2 aromatic heterocycles. The fourth-order valence-corrected chi connectivity index (χ4v) is 5.59. The number of nitrogens with zero attached hydrogens (tertiary/aromatic N) is 3. The first-order valence-electron chi connectivity index (χ1n) is 14.1. The van der Waals surface area contributed by atoms with Gasteiger partial charge in [0.15, 0.2) is 5.65 Å². The van der Waals surface area contributed by atoms with Crippen LogP contribution in [0.3, 0.4) is 0 Å². The number of carbonyl (C=O) groups excluding carboxylic acids is 1. The summed E-state index contributed by atoms with van der Waals surface area (Å²) in [5.41, 5.74) is 4.35. The van der Waals surface area contributed by atoms with Gasteiger partial charge in [-0.2, -0.15) is 9.61 Å². The number of hydrogen-bond donors (Lipinski definition) is 4.